The van der Waals surface area contributed by atoms with Crippen LogP contribution in [-0.4, -0.2) is 31.9 Å². The maximum absolute atomic E-state index is 11.9. The quantitative estimate of drug-likeness (QED) is 0.643. The third-order valence-corrected chi connectivity index (χ3v) is 3.87. The molecule has 1 saturated heterocycles. The van der Waals surface area contributed by atoms with Crippen molar-refractivity contribution in [2.24, 2.45) is 0 Å². The highest BCUT2D eigenvalue weighted by molar-refractivity contribution is 8.26. The van der Waals surface area contributed by atoms with Gasteiger partial charge < -0.3 is 10.2 Å². The van der Waals surface area contributed by atoms with E-state index in [1.54, 1.807) is 12.1 Å². The zero-order chi connectivity index (χ0) is 13.3. The van der Waals surface area contributed by atoms with Crippen molar-refractivity contribution in [3.63, 3.8) is 0 Å². The van der Waals surface area contributed by atoms with Gasteiger partial charge in [0.05, 0.1) is 4.91 Å². The smallest absolute Gasteiger partial charge is 0.266 e. The number of amides is 1. The lowest BCUT2D eigenvalue weighted by molar-refractivity contribution is -0.121. The number of rotatable bonds is 2. The summed E-state index contributed by atoms with van der Waals surface area (Å²) in [5.74, 6) is -0.248. The Morgan fingerprint density at radius 2 is 2.17 bits per heavy atom. The molecule has 1 aliphatic rings. The van der Waals surface area contributed by atoms with Crippen LogP contribution in [0.4, 0.5) is 0 Å². The van der Waals surface area contributed by atoms with Crippen molar-refractivity contribution in [1.82, 2.24) is 4.90 Å². The fourth-order valence-electron chi connectivity index (χ4n) is 1.57. The molecule has 0 unspecified atom stereocenters. The number of carbonyl (C=O) groups excluding carboxylic acids is 1. The second-order valence-electron chi connectivity index (χ2n) is 3.67. The first-order valence-electron chi connectivity index (χ1n) is 5.30. The van der Waals surface area contributed by atoms with Crippen LogP contribution in [0.15, 0.2) is 23.1 Å². The Morgan fingerprint density at radius 3 is 2.72 bits per heavy atom. The predicted molar refractivity (Wildman–Crippen MR) is 75.3 cm³/mol. The van der Waals surface area contributed by atoms with Gasteiger partial charge in [0, 0.05) is 18.2 Å². The molecule has 94 valence electrons. The molecule has 1 heterocycles. The second-order valence-corrected chi connectivity index (χ2v) is 5.34. The highest BCUT2D eigenvalue weighted by Crippen LogP contribution is 2.34. The number of phenols is 2. The van der Waals surface area contributed by atoms with Crippen LogP contribution >= 0.6 is 24.0 Å². The fraction of sp³-hybridized carbons (Fsp3) is 0.167. The molecule has 0 radical (unpaired) electrons. The molecule has 1 aliphatic heterocycles. The number of thioether (sulfide) groups is 1. The number of carbonyl (C=O) groups is 1. The summed E-state index contributed by atoms with van der Waals surface area (Å²) < 4.78 is 0.520. The van der Waals surface area contributed by atoms with Gasteiger partial charge in [-0.05, 0) is 25.1 Å². The van der Waals surface area contributed by atoms with E-state index in [0.717, 1.165) is 0 Å². The average Bonchev–Trinajstić information content (AvgIpc) is 2.58. The largest absolute Gasteiger partial charge is 0.508 e. The van der Waals surface area contributed by atoms with Gasteiger partial charge in [-0.1, -0.05) is 24.0 Å². The van der Waals surface area contributed by atoms with E-state index in [4.69, 9.17) is 12.2 Å². The van der Waals surface area contributed by atoms with Crippen LogP contribution in [0.5, 0.6) is 11.5 Å². The number of thiocarbonyl (C=S) groups is 1. The third kappa shape index (κ3) is 2.34. The SMILES string of the molecule is CCN1C(=O)/C(=C\c2ccc(O)cc2O)SC1=S. The molecule has 0 saturated carbocycles. The molecule has 2 N–H and O–H groups in total. The van der Waals surface area contributed by atoms with Crippen LogP contribution in [-0.2, 0) is 4.79 Å². The van der Waals surface area contributed by atoms with E-state index in [0.29, 0.717) is 21.3 Å². The maximum atomic E-state index is 11.9. The van der Waals surface area contributed by atoms with Crippen molar-refractivity contribution in [2.45, 2.75) is 6.92 Å². The zero-order valence-corrected chi connectivity index (χ0v) is 11.2. The van der Waals surface area contributed by atoms with Gasteiger partial charge in [0.25, 0.3) is 5.91 Å². The molecule has 18 heavy (non-hydrogen) atoms. The molecule has 1 amide bonds. The van der Waals surface area contributed by atoms with E-state index >= 15 is 0 Å². The van der Waals surface area contributed by atoms with E-state index in [9.17, 15) is 15.0 Å². The predicted octanol–water partition coefficient (Wildman–Crippen LogP) is 2.32. The molecule has 1 fully saturated rings. The Bertz CT molecular complexity index is 554. The lowest BCUT2D eigenvalue weighted by atomic mass is 10.1. The molecular formula is C12H11NO3S2. The van der Waals surface area contributed by atoms with Gasteiger partial charge in [-0.3, -0.25) is 9.69 Å². The van der Waals surface area contributed by atoms with Crippen molar-refractivity contribution in [3.05, 3.63) is 28.7 Å². The summed E-state index contributed by atoms with van der Waals surface area (Å²) in [6.45, 7) is 2.38. The standard InChI is InChI=1S/C12H11NO3S2/c1-2-13-11(16)10(18-12(13)17)5-7-3-4-8(14)6-9(7)15/h3-6,14-15H,2H2,1H3/b10-5+. The third-order valence-electron chi connectivity index (χ3n) is 2.49. The molecule has 1 aromatic carbocycles. The fourth-order valence-corrected chi connectivity index (χ4v) is 2.94. The summed E-state index contributed by atoms with van der Waals surface area (Å²) >= 11 is 6.30. The number of hydrogen-bond acceptors (Lipinski definition) is 5. The molecule has 2 rings (SSSR count). The summed E-state index contributed by atoms with van der Waals surface area (Å²) in [6, 6.07) is 4.22. The number of benzene rings is 1. The molecule has 6 heteroatoms. The molecule has 0 aromatic heterocycles. The maximum Gasteiger partial charge on any atom is 0.266 e. The highest BCUT2D eigenvalue weighted by atomic mass is 32.2. The highest BCUT2D eigenvalue weighted by Gasteiger charge is 2.30. The van der Waals surface area contributed by atoms with Gasteiger partial charge in [-0.15, -0.1) is 0 Å². The van der Waals surface area contributed by atoms with E-state index in [2.05, 4.69) is 0 Å². The van der Waals surface area contributed by atoms with Gasteiger partial charge >= 0.3 is 0 Å². The summed E-state index contributed by atoms with van der Waals surface area (Å²) in [7, 11) is 0. The lowest BCUT2D eigenvalue weighted by Gasteiger charge is -2.09. The molecule has 0 spiro atoms. The first-order chi connectivity index (χ1) is 8.52. The molecular weight excluding hydrogens is 270 g/mol. The number of nitrogens with zero attached hydrogens (tertiary/aromatic N) is 1. The Kier molecular flexibility index (Phi) is 3.58. The van der Waals surface area contributed by atoms with Gasteiger partial charge in [-0.2, -0.15) is 0 Å². The van der Waals surface area contributed by atoms with Crippen LogP contribution in [0, 0.1) is 0 Å². The average molecular weight is 281 g/mol. The summed E-state index contributed by atoms with van der Waals surface area (Å²) in [5, 5.41) is 18.8. The number of aromatic hydroxyl groups is 2. The van der Waals surface area contributed by atoms with E-state index in [1.807, 2.05) is 6.92 Å². The first-order valence-corrected chi connectivity index (χ1v) is 6.52. The number of likely N-dealkylation sites (N-methyl/N-ethyl adjacent to an activating group) is 1. The second kappa shape index (κ2) is 4.99. The monoisotopic (exact) mass is 281 g/mol. The van der Waals surface area contributed by atoms with Crippen molar-refractivity contribution in [1.29, 1.82) is 0 Å². The van der Waals surface area contributed by atoms with Gasteiger partial charge in [0.1, 0.15) is 15.8 Å². The van der Waals surface area contributed by atoms with Crippen molar-refractivity contribution in [3.8, 4) is 11.5 Å². The normalized spacial score (nSPS) is 17.8. The topological polar surface area (TPSA) is 60.8 Å². The Balaban J connectivity index is 2.35. The van der Waals surface area contributed by atoms with E-state index < -0.39 is 0 Å². The minimum Gasteiger partial charge on any atom is -0.508 e. The van der Waals surface area contributed by atoms with E-state index in [1.165, 1.54) is 28.8 Å². The Hall–Kier alpha value is -1.53. The van der Waals surface area contributed by atoms with E-state index in [-0.39, 0.29) is 17.4 Å². The van der Waals surface area contributed by atoms with Crippen LogP contribution in [0.3, 0.4) is 0 Å². The van der Waals surface area contributed by atoms with Crippen molar-refractivity contribution < 1.29 is 15.0 Å². The van der Waals surface area contributed by atoms with Crippen LogP contribution in [0.1, 0.15) is 12.5 Å². The van der Waals surface area contributed by atoms with Gasteiger partial charge in [0.15, 0.2) is 0 Å². The first kappa shape index (κ1) is 12.9. The molecule has 0 aliphatic carbocycles. The summed E-state index contributed by atoms with van der Waals surface area (Å²) in [6.07, 6.45) is 1.57. The number of phenolic OH excluding ortho intramolecular Hbond substituents is 2. The molecule has 1 aromatic rings. The van der Waals surface area contributed by atoms with Gasteiger partial charge in [0.2, 0.25) is 0 Å². The van der Waals surface area contributed by atoms with Crippen LogP contribution in [0.25, 0.3) is 6.08 Å². The van der Waals surface area contributed by atoms with Crippen LogP contribution in [0.2, 0.25) is 0 Å². The molecule has 0 atom stereocenters. The summed E-state index contributed by atoms with van der Waals surface area (Å²) in [4.78, 5) is 13.9. The van der Waals surface area contributed by atoms with Crippen LogP contribution < -0.4 is 0 Å². The minimum atomic E-state index is -0.153. The summed E-state index contributed by atoms with van der Waals surface area (Å²) in [5.41, 5.74) is 0.476. The van der Waals surface area contributed by atoms with Crippen molar-refractivity contribution >= 4 is 40.3 Å². The molecule has 0 bridgehead atoms. The molecule has 4 nitrogen and oxygen atoms in total. The zero-order valence-electron chi connectivity index (χ0n) is 9.58. The Labute approximate surface area is 114 Å². The van der Waals surface area contributed by atoms with Crippen molar-refractivity contribution in [2.75, 3.05) is 6.54 Å². The Morgan fingerprint density at radius 1 is 1.44 bits per heavy atom. The van der Waals surface area contributed by atoms with Gasteiger partial charge in [-0.25, -0.2) is 0 Å². The number of hydrogen-bond donors (Lipinski definition) is 2. The minimum absolute atomic E-state index is 0.0224. The lowest BCUT2D eigenvalue weighted by Crippen LogP contribution is -2.27.